The fourth-order valence-corrected chi connectivity index (χ4v) is 3.05. The quantitative estimate of drug-likeness (QED) is 0.844. The van der Waals surface area contributed by atoms with Crippen molar-refractivity contribution in [3.63, 3.8) is 0 Å². The van der Waals surface area contributed by atoms with Crippen molar-refractivity contribution in [2.24, 2.45) is 0 Å². The summed E-state index contributed by atoms with van der Waals surface area (Å²) < 4.78 is 41.5. The van der Waals surface area contributed by atoms with Crippen LogP contribution in [-0.4, -0.2) is 26.3 Å². The van der Waals surface area contributed by atoms with Gasteiger partial charge in [0.15, 0.2) is 5.76 Å². The van der Waals surface area contributed by atoms with Crippen molar-refractivity contribution in [2.45, 2.75) is 16.9 Å². The molecule has 0 spiro atoms. The molecule has 0 bridgehead atoms. The number of hydrogen-bond acceptors (Lipinski definition) is 5. The first kappa shape index (κ1) is 16.6. The summed E-state index contributed by atoms with van der Waals surface area (Å²) in [7, 11) is -3.54. The molecule has 0 aliphatic heterocycles. The lowest BCUT2D eigenvalue weighted by molar-refractivity contribution is 0.0991. The highest BCUT2D eigenvalue weighted by Gasteiger charge is 2.19. The number of hydrogen-bond donors (Lipinski definition) is 1. The predicted molar refractivity (Wildman–Crippen MR) is 82.6 cm³/mol. The standard InChI is InChI=1S/C14H14FNO4S2/c1-3-21-11-6-4-5-9(15)13(11)16-14(17)10-7-8-12(20-10)22(2,18)19/h4-8H,3H2,1-2H3,(H,16,17). The fourth-order valence-electron chi connectivity index (χ4n) is 1.72. The molecule has 0 aliphatic carbocycles. The maximum Gasteiger partial charge on any atom is 0.291 e. The Labute approximate surface area is 131 Å². The van der Waals surface area contributed by atoms with Crippen LogP contribution in [0.2, 0.25) is 0 Å². The second-order valence-corrected chi connectivity index (χ2v) is 7.64. The van der Waals surface area contributed by atoms with Crippen LogP contribution >= 0.6 is 11.8 Å². The van der Waals surface area contributed by atoms with E-state index < -0.39 is 21.6 Å². The molecule has 0 fully saturated rings. The van der Waals surface area contributed by atoms with E-state index in [9.17, 15) is 17.6 Å². The molecular weight excluding hydrogens is 329 g/mol. The average Bonchev–Trinajstić information content (AvgIpc) is 2.92. The number of carbonyl (C=O) groups excluding carboxylic acids is 1. The zero-order chi connectivity index (χ0) is 16.3. The van der Waals surface area contributed by atoms with Crippen LogP contribution in [0.15, 0.2) is 44.7 Å². The zero-order valence-electron chi connectivity index (χ0n) is 11.9. The Balaban J connectivity index is 2.28. The third-order valence-electron chi connectivity index (χ3n) is 2.68. The highest BCUT2D eigenvalue weighted by Crippen LogP contribution is 2.30. The van der Waals surface area contributed by atoms with Crippen molar-refractivity contribution < 1.29 is 22.0 Å². The van der Waals surface area contributed by atoms with Crippen LogP contribution < -0.4 is 5.32 Å². The van der Waals surface area contributed by atoms with Crippen molar-refractivity contribution >= 4 is 33.2 Å². The number of carbonyl (C=O) groups is 1. The van der Waals surface area contributed by atoms with Gasteiger partial charge in [0.2, 0.25) is 14.9 Å². The molecule has 2 aromatic rings. The maximum absolute atomic E-state index is 13.9. The Morgan fingerprint density at radius 2 is 2.05 bits per heavy atom. The summed E-state index contributed by atoms with van der Waals surface area (Å²) in [6.07, 6.45) is 0.973. The summed E-state index contributed by atoms with van der Waals surface area (Å²) in [6, 6.07) is 6.90. The van der Waals surface area contributed by atoms with Gasteiger partial charge in [0, 0.05) is 11.2 Å². The molecular formula is C14H14FNO4S2. The molecule has 5 nitrogen and oxygen atoms in total. The van der Waals surface area contributed by atoms with E-state index in [1.54, 1.807) is 12.1 Å². The van der Waals surface area contributed by atoms with Gasteiger partial charge in [-0.05, 0) is 30.0 Å². The van der Waals surface area contributed by atoms with Gasteiger partial charge >= 0.3 is 0 Å². The summed E-state index contributed by atoms with van der Waals surface area (Å²) in [4.78, 5) is 12.7. The van der Waals surface area contributed by atoms with E-state index in [0.717, 1.165) is 6.26 Å². The molecule has 0 aliphatic rings. The summed E-state index contributed by atoms with van der Waals surface area (Å²) in [5.41, 5.74) is 0.0525. The molecule has 1 aromatic heterocycles. The van der Waals surface area contributed by atoms with Crippen LogP contribution in [0, 0.1) is 5.82 Å². The first-order valence-electron chi connectivity index (χ1n) is 6.35. The average molecular weight is 343 g/mol. The molecule has 1 N–H and O–H groups in total. The minimum Gasteiger partial charge on any atom is -0.440 e. The second kappa shape index (κ2) is 6.53. The molecule has 2 rings (SSSR count). The lowest BCUT2D eigenvalue weighted by atomic mass is 10.3. The number of rotatable bonds is 5. The van der Waals surface area contributed by atoms with Crippen molar-refractivity contribution in [3.8, 4) is 0 Å². The van der Waals surface area contributed by atoms with Gasteiger partial charge in [-0.25, -0.2) is 12.8 Å². The van der Waals surface area contributed by atoms with Crippen LogP contribution in [0.1, 0.15) is 17.5 Å². The SMILES string of the molecule is CCSc1cccc(F)c1NC(=O)c1ccc(S(C)(=O)=O)o1. The van der Waals surface area contributed by atoms with E-state index >= 15 is 0 Å². The van der Waals surface area contributed by atoms with Crippen molar-refractivity contribution in [3.05, 3.63) is 41.9 Å². The van der Waals surface area contributed by atoms with E-state index in [2.05, 4.69) is 5.32 Å². The smallest absolute Gasteiger partial charge is 0.291 e. The third kappa shape index (κ3) is 3.69. The third-order valence-corrected chi connectivity index (χ3v) is 4.57. The van der Waals surface area contributed by atoms with E-state index in [1.165, 1.54) is 30.0 Å². The molecule has 1 heterocycles. The van der Waals surface area contributed by atoms with Crippen LogP contribution in [0.25, 0.3) is 0 Å². The number of nitrogens with one attached hydrogen (secondary N) is 1. The summed E-state index contributed by atoms with van der Waals surface area (Å²) >= 11 is 1.38. The first-order chi connectivity index (χ1) is 10.3. The number of furan rings is 1. The number of sulfone groups is 1. The Hall–Kier alpha value is -1.80. The van der Waals surface area contributed by atoms with E-state index in [4.69, 9.17) is 4.42 Å². The number of benzene rings is 1. The number of para-hydroxylation sites is 1. The number of thioether (sulfide) groups is 1. The molecule has 1 amide bonds. The summed E-state index contributed by atoms with van der Waals surface area (Å²) in [5, 5.41) is 2.11. The van der Waals surface area contributed by atoms with Gasteiger partial charge in [-0.15, -0.1) is 11.8 Å². The Morgan fingerprint density at radius 3 is 2.64 bits per heavy atom. The Bertz CT molecular complexity index is 799. The van der Waals surface area contributed by atoms with Crippen LogP contribution in [0.3, 0.4) is 0 Å². The highest BCUT2D eigenvalue weighted by molar-refractivity contribution is 7.99. The minimum atomic E-state index is -3.54. The second-order valence-electron chi connectivity index (χ2n) is 4.39. The Morgan fingerprint density at radius 1 is 1.32 bits per heavy atom. The molecule has 0 atom stereocenters. The lowest BCUT2D eigenvalue weighted by Gasteiger charge is -2.10. The van der Waals surface area contributed by atoms with E-state index in [1.807, 2.05) is 6.92 Å². The van der Waals surface area contributed by atoms with E-state index in [-0.39, 0.29) is 16.5 Å². The minimum absolute atomic E-state index is 0.0525. The van der Waals surface area contributed by atoms with Gasteiger partial charge in [0.1, 0.15) is 5.82 Å². The van der Waals surface area contributed by atoms with Gasteiger partial charge in [-0.1, -0.05) is 13.0 Å². The predicted octanol–water partition coefficient (Wildman–Crippen LogP) is 3.19. The van der Waals surface area contributed by atoms with Gasteiger partial charge in [0.25, 0.3) is 5.91 Å². The molecule has 0 saturated carbocycles. The largest absolute Gasteiger partial charge is 0.440 e. The topological polar surface area (TPSA) is 76.4 Å². The van der Waals surface area contributed by atoms with Crippen molar-refractivity contribution in [1.29, 1.82) is 0 Å². The van der Waals surface area contributed by atoms with Crippen molar-refractivity contribution in [2.75, 3.05) is 17.3 Å². The van der Waals surface area contributed by atoms with Gasteiger partial charge in [0.05, 0.1) is 5.69 Å². The summed E-state index contributed by atoms with van der Waals surface area (Å²) in [5.74, 6) is -0.763. The summed E-state index contributed by atoms with van der Waals surface area (Å²) in [6.45, 7) is 1.91. The monoisotopic (exact) mass is 343 g/mol. The van der Waals surface area contributed by atoms with Gasteiger partial charge in [-0.3, -0.25) is 4.79 Å². The molecule has 22 heavy (non-hydrogen) atoms. The van der Waals surface area contributed by atoms with Crippen LogP contribution in [0.4, 0.5) is 10.1 Å². The number of amides is 1. The molecule has 0 saturated heterocycles. The van der Waals surface area contributed by atoms with Gasteiger partial charge in [-0.2, -0.15) is 0 Å². The van der Waals surface area contributed by atoms with Crippen LogP contribution in [0.5, 0.6) is 0 Å². The highest BCUT2D eigenvalue weighted by atomic mass is 32.2. The molecule has 1 aromatic carbocycles. The molecule has 118 valence electrons. The maximum atomic E-state index is 13.9. The molecule has 0 unspecified atom stereocenters. The fraction of sp³-hybridized carbons (Fsp3) is 0.214. The Kier molecular flexibility index (Phi) is 4.92. The number of anilines is 1. The van der Waals surface area contributed by atoms with Crippen molar-refractivity contribution in [1.82, 2.24) is 0 Å². The molecule has 0 radical (unpaired) electrons. The lowest BCUT2D eigenvalue weighted by Crippen LogP contribution is -2.13. The molecule has 8 heteroatoms. The number of halogens is 1. The first-order valence-corrected chi connectivity index (χ1v) is 9.23. The van der Waals surface area contributed by atoms with Gasteiger partial charge < -0.3 is 9.73 Å². The van der Waals surface area contributed by atoms with E-state index in [0.29, 0.717) is 10.6 Å². The normalized spacial score (nSPS) is 11.4. The zero-order valence-corrected chi connectivity index (χ0v) is 13.6. The van der Waals surface area contributed by atoms with Crippen LogP contribution in [-0.2, 0) is 9.84 Å².